The van der Waals surface area contributed by atoms with Gasteiger partial charge < -0.3 is 15.0 Å². The van der Waals surface area contributed by atoms with E-state index in [0.717, 1.165) is 23.4 Å². The Morgan fingerprint density at radius 3 is 3.11 bits per heavy atom. The number of aryl methyl sites for hydroxylation is 1. The Kier molecular flexibility index (Phi) is 3.28. The molecule has 5 nitrogen and oxygen atoms in total. The predicted octanol–water partition coefficient (Wildman–Crippen LogP) is 2.97. The summed E-state index contributed by atoms with van der Waals surface area (Å²) in [5.41, 5.74) is 8.32. The fourth-order valence-corrected chi connectivity index (χ4v) is 3.64. The maximum Gasteiger partial charge on any atom is 0.261 e. The lowest BCUT2D eigenvalue weighted by Crippen LogP contribution is -2.01. The zero-order chi connectivity index (χ0) is 13.4. The lowest BCUT2D eigenvalue weighted by molar-refractivity contribution is 0.0683. The van der Waals surface area contributed by atoms with Crippen molar-refractivity contribution in [2.24, 2.45) is 0 Å². The van der Waals surface area contributed by atoms with E-state index < -0.39 is 0 Å². The topological polar surface area (TPSA) is 74.2 Å². The van der Waals surface area contributed by atoms with E-state index in [-0.39, 0.29) is 6.10 Å². The summed E-state index contributed by atoms with van der Waals surface area (Å²) in [7, 11) is 0. The number of hydrogen-bond acceptors (Lipinski definition) is 6. The van der Waals surface area contributed by atoms with Crippen molar-refractivity contribution in [2.75, 3.05) is 12.3 Å². The number of hydrogen-bond donors (Lipinski definition) is 1. The molecule has 0 aromatic carbocycles. The van der Waals surface area contributed by atoms with Crippen LogP contribution in [0.2, 0.25) is 0 Å². The molecule has 0 bridgehead atoms. The van der Waals surface area contributed by atoms with E-state index >= 15 is 0 Å². The van der Waals surface area contributed by atoms with Crippen molar-refractivity contribution in [1.82, 2.24) is 10.1 Å². The predicted molar refractivity (Wildman–Crippen MR) is 74.1 cm³/mol. The first kappa shape index (κ1) is 12.6. The molecule has 1 aliphatic carbocycles. The van der Waals surface area contributed by atoms with Crippen LogP contribution < -0.4 is 5.73 Å². The van der Waals surface area contributed by atoms with E-state index in [4.69, 9.17) is 15.0 Å². The second-order valence-corrected chi connectivity index (χ2v) is 5.79. The monoisotopic (exact) mass is 279 g/mol. The molecule has 0 saturated carbocycles. The van der Waals surface area contributed by atoms with Crippen molar-refractivity contribution in [1.29, 1.82) is 0 Å². The molecule has 2 heterocycles. The first-order valence-electron chi connectivity index (χ1n) is 6.56. The van der Waals surface area contributed by atoms with Gasteiger partial charge in [-0.1, -0.05) is 5.16 Å². The Hall–Kier alpha value is -1.40. The van der Waals surface area contributed by atoms with Crippen molar-refractivity contribution in [3.8, 4) is 11.5 Å². The Labute approximate surface area is 115 Å². The Balaban J connectivity index is 1.95. The molecule has 1 unspecified atom stereocenters. The van der Waals surface area contributed by atoms with Crippen LogP contribution >= 0.6 is 11.3 Å². The molecule has 1 atom stereocenters. The van der Waals surface area contributed by atoms with Gasteiger partial charge in [0.25, 0.3) is 5.89 Å². The number of thiophene rings is 1. The van der Waals surface area contributed by atoms with Gasteiger partial charge in [-0.2, -0.15) is 4.98 Å². The van der Waals surface area contributed by atoms with Gasteiger partial charge in [-0.05, 0) is 38.7 Å². The number of nitrogens with two attached hydrogens (primary N) is 1. The van der Waals surface area contributed by atoms with Gasteiger partial charge in [0.1, 0.15) is 6.10 Å². The third-order valence-electron chi connectivity index (χ3n) is 3.38. The number of nitrogen functional groups attached to an aromatic ring is 1. The third-order valence-corrected chi connectivity index (χ3v) is 4.51. The van der Waals surface area contributed by atoms with Gasteiger partial charge in [0, 0.05) is 11.5 Å². The number of ether oxygens (including phenoxy) is 1. The fraction of sp³-hybridized carbons (Fsp3) is 0.538. The van der Waals surface area contributed by atoms with Crippen LogP contribution in [0.25, 0.3) is 11.5 Å². The van der Waals surface area contributed by atoms with Crippen molar-refractivity contribution >= 4 is 16.3 Å². The SMILES string of the molecule is CCOC(C)c1noc(-c2c(N)sc3c2CCC3)n1. The van der Waals surface area contributed by atoms with Crippen LogP contribution in [-0.2, 0) is 17.6 Å². The van der Waals surface area contributed by atoms with Gasteiger partial charge in [0.05, 0.1) is 10.6 Å². The minimum atomic E-state index is -0.157. The quantitative estimate of drug-likeness (QED) is 0.931. The van der Waals surface area contributed by atoms with Crippen LogP contribution in [0.4, 0.5) is 5.00 Å². The largest absolute Gasteiger partial charge is 0.390 e. The van der Waals surface area contributed by atoms with Gasteiger partial charge >= 0.3 is 0 Å². The molecule has 0 amide bonds. The number of rotatable bonds is 4. The van der Waals surface area contributed by atoms with Gasteiger partial charge in [-0.25, -0.2) is 0 Å². The molecule has 102 valence electrons. The highest BCUT2D eigenvalue weighted by Crippen LogP contribution is 2.42. The molecule has 19 heavy (non-hydrogen) atoms. The fourth-order valence-electron chi connectivity index (χ4n) is 2.49. The summed E-state index contributed by atoms with van der Waals surface area (Å²) in [4.78, 5) is 5.80. The molecule has 0 spiro atoms. The standard InChI is InChI=1S/C13H17N3O2S/c1-3-17-7(2)12-15-13(18-16-12)10-8-5-4-6-9(8)19-11(10)14/h7H,3-6,14H2,1-2H3. The molecule has 2 aromatic heterocycles. The highest BCUT2D eigenvalue weighted by molar-refractivity contribution is 7.16. The summed E-state index contributed by atoms with van der Waals surface area (Å²) >= 11 is 1.64. The van der Waals surface area contributed by atoms with Crippen LogP contribution in [0.3, 0.4) is 0 Å². The normalized spacial score (nSPS) is 15.7. The van der Waals surface area contributed by atoms with E-state index in [9.17, 15) is 0 Å². The van der Waals surface area contributed by atoms with Crippen molar-refractivity contribution in [2.45, 2.75) is 39.2 Å². The molecule has 6 heteroatoms. The number of anilines is 1. The maximum absolute atomic E-state index is 6.09. The van der Waals surface area contributed by atoms with Crippen molar-refractivity contribution in [3.05, 3.63) is 16.3 Å². The highest BCUT2D eigenvalue weighted by atomic mass is 32.1. The zero-order valence-electron chi connectivity index (χ0n) is 11.1. The Morgan fingerprint density at radius 2 is 2.32 bits per heavy atom. The van der Waals surface area contributed by atoms with Crippen LogP contribution in [0.5, 0.6) is 0 Å². The lowest BCUT2D eigenvalue weighted by atomic mass is 10.1. The summed E-state index contributed by atoms with van der Waals surface area (Å²) in [6.45, 7) is 4.49. The smallest absolute Gasteiger partial charge is 0.261 e. The molecule has 2 aromatic rings. The highest BCUT2D eigenvalue weighted by Gasteiger charge is 2.26. The second-order valence-electron chi connectivity index (χ2n) is 4.65. The van der Waals surface area contributed by atoms with E-state index in [1.54, 1.807) is 11.3 Å². The molecule has 2 N–H and O–H groups in total. The molecule has 3 rings (SSSR count). The average molecular weight is 279 g/mol. The van der Waals surface area contributed by atoms with Gasteiger partial charge in [0.15, 0.2) is 0 Å². The molecular formula is C13H17N3O2S. The third kappa shape index (κ3) is 2.15. The Morgan fingerprint density at radius 1 is 1.47 bits per heavy atom. The number of aromatic nitrogens is 2. The number of nitrogens with zero attached hydrogens (tertiary/aromatic N) is 2. The molecule has 0 saturated heterocycles. The van der Waals surface area contributed by atoms with Crippen LogP contribution in [0.1, 0.15) is 42.6 Å². The summed E-state index contributed by atoms with van der Waals surface area (Å²) < 4.78 is 10.8. The lowest BCUT2D eigenvalue weighted by Gasteiger charge is -2.04. The van der Waals surface area contributed by atoms with Gasteiger partial charge in [-0.15, -0.1) is 11.3 Å². The molecule has 0 fully saturated rings. The average Bonchev–Trinajstić information content (AvgIpc) is 3.04. The van der Waals surface area contributed by atoms with Crippen LogP contribution in [0.15, 0.2) is 4.52 Å². The summed E-state index contributed by atoms with van der Waals surface area (Å²) in [5.74, 6) is 1.10. The van der Waals surface area contributed by atoms with E-state index in [1.807, 2.05) is 13.8 Å². The van der Waals surface area contributed by atoms with E-state index in [2.05, 4.69) is 10.1 Å². The molecular weight excluding hydrogens is 262 g/mol. The number of fused-ring (bicyclic) bond motifs is 1. The summed E-state index contributed by atoms with van der Waals surface area (Å²) in [6, 6.07) is 0. The molecule has 1 aliphatic rings. The van der Waals surface area contributed by atoms with Crippen molar-refractivity contribution < 1.29 is 9.26 Å². The Bertz CT molecular complexity index is 591. The van der Waals surface area contributed by atoms with E-state index in [1.165, 1.54) is 16.9 Å². The van der Waals surface area contributed by atoms with Gasteiger partial charge in [0.2, 0.25) is 5.82 Å². The van der Waals surface area contributed by atoms with Crippen LogP contribution in [-0.4, -0.2) is 16.7 Å². The zero-order valence-corrected chi connectivity index (χ0v) is 11.9. The maximum atomic E-state index is 6.09. The minimum absolute atomic E-state index is 0.157. The molecule has 0 aliphatic heterocycles. The van der Waals surface area contributed by atoms with Crippen molar-refractivity contribution in [3.63, 3.8) is 0 Å². The van der Waals surface area contributed by atoms with Crippen LogP contribution in [0, 0.1) is 0 Å². The first-order valence-corrected chi connectivity index (χ1v) is 7.38. The first-order chi connectivity index (χ1) is 9.20. The summed E-state index contributed by atoms with van der Waals surface area (Å²) in [6.07, 6.45) is 3.19. The summed E-state index contributed by atoms with van der Waals surface area (Å²) in [5, 5.41) is 4.78. The second kappa shape index (κ2) is 4.94. The van der Waals surface area contributed by atoms with E-state index in [0.29, 0.717) is 18.3 Å². The van der Waals surface area contributed by atoms with Gasteiger partial charge in [-0.3, -0.25) is 0 Å². The minimum Gasteiger partial charge on any atom is -0.390 e. The molecule has 0 radical (unpaired) electrons.